The molecule has 0 atom stereocenters. The van der Waals surface area contributed by atoms with Gasteiger partial charge >= 0.3 is 0 Å². The second-order valence-electron chi connectivity index (χ2n) is 0. The van der Waals surface area contributed by atoms with Crippen LogP contribution in [0.5, 0.6) is 0 Å². The third kappa shape index (κ3) is 1340. The van der Waals surface area contributed by atoms with E-state index in [0.29, 0.717) is 0 Å². The van der Waals surface area contributed by atoms with Crippen LogP contribution in [0, 0.1) is 0 Å². The average molecular weight is 6110 g/mol. The molecule has 0 aromatic carbocycles. The Morgan fingerprint density at radius 2 is 0.00833 bits per heavy atom. The Kier molecular flexibility index (Phi) is 15700. The average Bonchev–Trinajstić information content (AvgIpc) is 0. The molecule has 0 aliphatic heterocycles. The third-order valence-electron chi connectivity index (χ3n) is 0. The summed E-state index contributed by atoms with van der Waals surface area (Å²) in [5.41, 5.74) is 0. The Labute approximate surface area is 2160 Å². The molecule has 120 radical (unpaired) electrons. The largest absolute Gasteiger partial charge is 0 e. The molecule has 0 N–H and O–H groups in total. The molecule has 0 rings (SSSR count). The summed E-state index contributed by atoms with van der Waals surface area (Å²) in [4.78, 5) is 0. The standard InChI is InChI=1S/120V. The van der Waals surface area contributed by atoms with E-state index < -0.39 is 0 Å². The summed E-state index contributed by atoms with van der Waals surface area (Å²) >= 11 is 0. The van der Waals surface area contributed by atoms with E-state index in [9.17, 15) is 0 Å². The fourth-order valence-corrected chi connectivity index (χ4v) is 0. The third-order valence-corrected chi connectivity index (χ3v) is 0. The molecule has 0 amide bonds. The molecule has 0 fully saturated rings. The minimum atomic E-state index is 0. The van der Waals surface area contributed by atoms with Crippen molar-refractivity contribution in [3.63, 3.8) is 0 Å². The van der Waals surface area contributed by atoms with Crippen LogP contribution in [-0.2, 0) is 2230 Å². The van der Waals surface area contributed by atoms with Gasteiger partial charge in [0.25, 0.3) is 0 Å². The van der Waals surface area contributed by atoms with Crippen LogP contribution >= 0.6 is 0 Å². The molecule has 600 valence electrons. The van der Waals surface area contributed by atoms with Crippen molar-refractivity contribution in [1.82, 2.24) is 0 Å². The van der Waals surface area contributed by atoms with Gasteiger partial charge in [0.1, 0.15) is 0 Å². The van der Waals surface area contributed by atoms with Gasteiger partial charge in [0.15, 0.2) is 0 Å². The first kappa shape index (κ1) is 1380. The van der Waals surface area contributed by atoms with E-state index in [0.717, 1.165) is 0 Å². The zero-order valence-corrected chi connectivity index (χ0v) is 221. The molecule has 0 heterocycles. The van der Waals surface area contributed by atoms with E-state index in [-0.39, 0.29) is 2230 Å². The fourth-order valence-electron chi connectivity index (χ4n) is 0. The van der Waals surface area contributed by atoms with Crippen molar-refractivity contribution in [1.29, 1.82) is 0 Å². The van der Waals surface area contributed by atoms with E-state index in [1.807, 2.05) is 0 Å². The Morgan fingerprint density at radius 1 is 0.00833 bits per heavy atom. The summed E-state index contributed by atoms with van der Waals surface area (Å²) in [6, 6.07) is 0. The zero-order valence-electron chi connectivity index (χ0n) is 53.7. The normalized spacial score (nSPS) is 0. The predicted octanol–water partition coefficient (Wildman–Crippen LogP) is -0.300. The van der Waals surface area contributed by atoms with E-state index >= 15 is 0 Å². The SMILES string of the molecule is [V].[V].[V].[V].[V].[V].[V].[V].[V].[V].[V].[V].[V].[V].[V].[V].[V].[V].[V].[V].[V].[V].[V].[V].[V].[V].[V].[V].[V].[V].[V].[V].[V].[V].[V].[V].[V].[V].[V].[V].[V].[V].[V].[V].[V].[V].[V].[V].[V].[V].[V].[V].[V].[V].[V].[V].[V].[V].[V].[V].[V].[V].[V].[V].[V].[V].[V].[V].[V].[V].[V].[V].[V].[V].[V].[V].[V].[V].[V].[V].[V].[V].[V].[V].[V].[V].[V].[V].[V].[V].[V].[V].[V].[V].[V].[V].[V].[V].[V].[V].[V].[V].[V].[V].[V].[V].[V].[V].[V].[V].[V].[V].[V].[V].[V].[V].[V].[V].[V].[V]. The van der Waals surface area contributed by atoms with Crippen molar-refractivity contribution < 1.29 is 2230 Å². The summed E-state index contributed by atoms with van der Waals surface area (Å²) in [7, 11) is 0. The smallest absolute Gasteiger partial charge is 0 e. The number of rotatable bonds is 0. The molecule has 0 unspecified atom stereocenters. The quantitative estimate of drug-likeness (QED) is 0.313. The summed E-state index contributed by atoms with van der Waals surface area (Å²) in [6.07, 6.45) is 0. The van der Waals surface area contributed by atoms with Crippen LogP contribution in [0.25, 0.3) is 0 Å². The molecule has 0 bridgehead atoms. The predicted molar refractivity (Wildman–Crippen MR) is 0 cm³/mol. The molecule has 120 heteroatoms. The second-order valence-corrected chi connectivity index (χ2v) is 0. The Bertz CT molecular complexity index is 0. The number of hydrogen-bond donors (Lipinski definition) is 0. The molecule has 0 aliphatic carbocycles. The molecular weight excluding hydrogens is 6110 g/mol. The fraction of sp³-hybridized carbons (Fsp3) is 0. The Morgan fingerprint density at radius 3 is 0.00833 bits per heavy atom. The summed E-state index contributed by atoms with van der Waals surface area (Å²) in [6.45, 7) is 0. The van der Waals surface area contributed by atoms with Crippen molar-refractivity contribution in [3.8, 4) is 0 Å². The van der Waals surface area contributed by atoms with Crippen molar-refractivity contribution in [2.24, 2.45) is 0 Å². The molecule has 0 aliphatic rings. The minimum absolute atomic E-state index is 0. The maximum absolute atomic E-state index is 0. The van der Waals surface area contributed by atoms with Crippen LogP contribution in [0.3, 0.4) is 0 Å². The molecule has 0 spiro atoms. The van der Waals surface area contributed by atoms with Crippen molar-refractivity contribution >= 4 is 0 Å². The van der Waals surface area contributed by atoms with Gasteiger partial charge in [0, 0.05) is 2230 Å². The van der Waals surface area contributed by atoms with Crippen LogP contribution in [0.15, 0.2) is 0 Å². The molecule has 120 heavy (non-hydrogen) atoms. The van der Waals surface area contributed by atoms with Crippen LogP contribution in [0.4, 0.5) is 0 Å². The van der Waals surface area contributed by atoms with Gasteiger partial charge in [-0.05, 0) is 0 Å². The molecular formula is V120. The van der Waals surface area contributed by atoms with Gasteiger partial charge in [-0.3, -0.25) is 0 Å². The van der Waals surface area contributed by atoms with Crippen LogP contribution in [0.2, 0.25) is 0 Å². The topological polar surface area (TPSA) is 0 Å². The van der Waals surface area contributed by atoms with Crippen LogP contribution < -0.4 is 0 Å². The first-order chi connectivity index (χ1) is 0. The van der Waals surface area contributed by atoms with Crippen LogP contribution in [0.1, 0.15) is 0 Å². The monoisotopic (exact) mass is 6110 g/mol. The van der Waals surface area contributed by atoms with Crippen molar-refractivity contribution in [3.05, 3.63) is 0 Å². The molecule has 0 aromatic heterocycles. The molecule has 0 saturated carbocycles. The van der Waals surface area contributed by atoms with Crippen molar-refractivity contribution in [2.45, 2.75) is 0 Å². The van der Waals surface area contributed by atoms with Gasteiger partial charge in [-0.25, -0.2) is 0 Å². The van der Waals surface area contributed by atoms with E-state index in [4.69, 9.17) is 0 Å². The van der Waals surface area contributed by atoms with E-state index in [1.54, 1.807) is 0 Å². The van der Waals surface area contributed by atoms with Gasteiger partial charge in [0.05, 0.1) is 0 Å². The molecule has 0 saturated heterocycles. The van der Waals surface area contributed by atoms with E-state index in [2.05, 4.69) is 0 Å². The van der Waals surface area contributed by atoms with E-state index in [1.165, 1.54) is 0 Å². The molecule has 0 aromatic rings. The van der Waals surface area contributed by atoms with Gasteiger partial charge < -0.3 is 0 Å². The van der Waals surface area contributed by atoms with Gasteiger partial charge in [-0.1, -0.05) is 0 Å². The first-order valence-electron chi connectivity index (χ1n) is 0. The summed E-state index contributed by atoms with van der Waals surface area (Å²) in [5.74, 6) is 0. The minimum Gasteiger partial charge on any atom is 0 e. The Hall–Kier alpha value is 70.1. The van der Waals surface area contributed by atoms with Gasteiger partial charge in [0.2, 0.25) is 0 Å². The number of hydrogen-bond acceptors (Lipinski definition) is 0. The maximum atomic E-state index is 0. The Balaban J connectivity index is 0. The second kappa shape index (κ2) is 1360. The van der Waals surface area contributed by atoms with Crippen LogP contribution in [-0.4, -0.2) is 0 Å². The first-order valence-corrected chi connectivity index (χ1v) is 0. The van der Waals surface area contributed by atoms with Crippen molar-refractivity contribution in [2.75, 3.05) is 0 Å². The zero-order chi connectivity index (χ0) is 0. The molecule has 0 nitrogen and oxygen atoms in total. The van der Waals surface area contributed by atoms with Gasteiger partial charge in [-0.15, -0.1) is 0 Å². The van der Waals surface area contributed by atoms with Gasteiger partial charge in [-0.2, -0.15) is 0 Å². The summed E-state index contributed by atoms with van der Waals surface area (Å²) in [5, 5.41) is 0. The maximum Gasteiger partial charge on any atom is 0 e. The summed E-state index contributed by atoms with van der Waals surface area (Å²) < 4.78 is 0.